The first-order chi connectivity index (χ1) is 12.5. The number of carboxylic acid groups (broad SMARTS) is 1. The van der Waals surface area contributed by atoms with Crippen molar-refractivity contribution in [2.45, 2.75) is 25.2 Å². The summed E-state index contributed by atoms with van der Waals surface area (Å²) in [6.07, 6.45) is 2.98. The van der Waals surface area contributed by atoms with Gasteiger partial charge in [0.25, 0.3) is 5.91 Å². The lowest BCUT2D eigenvalue weighted by molar-refractivity contribution is 0.0484. The predicted octanol–water partition coefficient (Wildman–Crippen LogP) is 2.57. The Morgan fingerprint density at radius 1 is 1.23 bits per heavy atom. The number of carboxylic acids is 1. The van der Waals surface area contributed by atoms with E-state index in [-0.39, 0.29) is 22.6 Å². The van der Waals surface area contributed by atoms with Gasteiger partial charge in [0.2, 0.25) is 0 Å². The molecule has 0 aliphatic carbocycles. The Kier molecular flexibility index (Phi) is 5.32. The largest absolute Gasteiger partial charge is 0.478 e. The third kappa shape index (κ3) is 3.75. The second-order valence-electron chi connectivity index (χ2n) is 6.63. The van der Waals surface area contributed by atoms with E-state index in [4.69, 9.17) is 9.84 Å². The molecule has 26 heavy (non-hydrogen) atoms. The molecule has 0 spiro atoms. The van der Waals surface area contributed by atoms with E-state index in [1.54, 1.807) is 0 Å². The Morgan fingerprint density at radius 2 is 1.96 bits per heavy atom. The van der Waals surface area contributed by atoms with E-state index in [0.717, 1.165) is 12.8 Å². The highest BCUT2D eigenvalue weighted by Gasteiger charge is 2.36. The first kappa shape index (κ1) is 18.1. The smallest absolute Gasteiger partial charge is 0.335 e. The zero-order valence-electron chi connectivity index (χ0n) is 14.7. The van der Waals surface area contributed by atoms with Crippen molar-refractivity contribution in [1.29, 1.82) is 0 Å². The molecule has 1 aliphatic heterocycles. The van der Waals surface area contributed by atoms with Crippen molar-refractivity contribution in [3.63, 3.8) is 0 Å². The highest BCUT2D eigenvalue weighted by Crippen LogP contribution is 2.36. The van der Waals surface area contributed by atoms with Crippen LogP contribution in [0.15, 0.2) is 42.6 Å². The first-order valence-electron chi connectivity index (χ1n) is 8.63. The summed E-state index contributed by atoms with van der Waals surface area (Å²) in [7, 11) is 0. The molecule has 1 aromatic heterocycles. The molecule has 2 aromatic rings. The molecule has 0 bridgehead atoms. The van der Waals surface area contributed by atoms with E-state index in [1.807, 2.05) is 12.1 Å². The molecule has 0 unspecified atom stereocenters. The van der Waals surface area contributed by atoms with Crippen LogP contribution in [0.4, 0.5) is 0 Å². The fourth-order valence-electron chi connectivity index (χ4n) is 3.50. The van der Waals surface area contributed by atoms with Crippen molar-refractivity contribution in [3.05, 3.63) is 65.0 Å². The number of rotatable bonds is 5. The van der Waals surface area contributed by atoms with Gasteiger partial charge in [0.15, 0.2) is 0 Å². The normalized spacial score (nSPS) is 16.0. The molecule has 2 N–H and O–H groups in total. The fraction of sp³-hybridized carbons (Fsp3) is 0.350. The monoisotopic (exact) mass is 354 g/mol. The molecular formula is C20H22N2O4. The highest BCUT2D eigenvalue weighted by molar-refractivity contribution is 5.95. The Hall–Kier alpha value is -2.73. The predicted molar refractivity (Wildman–Crippen MR) is 96.4 cm³/mol. The van der Waals surface area contributed by atoms with Crippen LogP contribution in [0.25, 0.3) is 0 Å². The second kappa shape index (κ2) is 7.66. The molecule has 6 nitrogen and oxygen atoms in total. The minimum absolute atomic E-state index is 0.0461. The Bertz CT molecular complexity index is 813. The number of pyridine rings is 1. The van der Waals surface area contributed by atoms with Crippen LogP contribution in [0.3, 0.4) is 0 Å². The van der Waals surface area contributed by atoms with Crippen LogP contribution in [0.5, 0.6) is 0 Å². The SMILES string of the molecule is Cc1ccccc1C1(CNC(=O)c2cc(C(=O)O)ccn2)CCOCC1. The lowest BCUT2D eigenvalue weighted by Gasteiger charge is -2.39. The molecule has 1 fully saturated rings. The van der Waals surface area contributed by atoms with Crippen molar-refractivity contribution < 1.29 is 19.4 Å². The van der Waals surface area contributed by atoms with Crippen molar-refractivity contribution in [3.8, 4) is 0 Å². The van der Waals surface area contributed by atoms with Gasteiger partial charge in [-0.2, -0.15) is 0 Å². The quantitative estimate of drug-likeness (QED) is 0.861. The summed E-state index contributed by atoms with van der Waals surface area (Å²) in [4.78, 5) is 27.6. The maximum absolute atomic E-state index is 12.5. The summed E-state index contributed by atoms with van der Waals surface area (Å²) < 4.78 is 5.53. The molecule has 1 aromatic carbocycles. The van der Waals surface area contributed by atoms with Crippen LogP contribution in [-0.2, 0) is 10.2 Å². The number of carbonyl (C=O) groups is 2. The number of hydrogen-bond donors (Lipinski definition) is 2. The molecule has 1 aliphatic rings. The maximum atomic E-state index is 12.5. The molecule has 1 saturated heterocycles. The molecule has 0 radical (unpaired) electrons. The summed E-state index contributed by atoms with van der Waals surface area (Å²) >= 11 is 0. The van der Waals surface area contributed by atoms with E-state index in [0.29, 0.717) is 19.8 Å². The summed E-state index contributed by atoms with van der Waals surface area (Å²) in [6, 6.07) is 10.9. The van der Waals surface area contributed by atoms with Gasteiger partial charge >= 0.3 is 5.97 Å². The van der Waals surface area contributed by atoms with Crippen molar-refractivity contribution in [2.24, 2.45) is 0 Å². The Labute approximate surface area is 152 Å². The van der Waals surface area contributed by atoms with E-state index < -0.39 is 5.97 Å². The number of aryl methyl sites for hydroxylation is 1. The average Bonchev–Trinajstić information content (AvgIpc) is 2.67. The van der Waals surface area contributed by atoms with Gasteiger partial charge in [-0.05, 0) is 43.0 Å². The summed E-state index contributed by atoms with van der Waals surface area (Å²) in [5.74, 6) is -1.45. The highest BCUT2D eigenvalue weighted by atomic mass is 16.5. The number of carbonyl (C=O) groups excluding carboxylic acids is 1. The van der Waals surface area contributed by atoms with Gasteiger partial charge in [0.05, 0.1) is 5.56 Å². The van der Waals surface area contributed by atoms with Crippen molar-refractivity contribution in [1.82, 2.24) is 10.3 Å². The number of ether oxygens (including phenoxy) is 1. The number of nitrogens with one attached hydrogen (secondary N) is 1. The molecule has 3 rings (SSSR count). The van der Waals surface area contributed by atoms with Gasteiger partial charge in [0, 0.05) is 31.4 Å². The number of nitrogens with zero attached hydrogens (tertiary/aromatic N) is 1. The van der Waals surface area contributed by atoms with Gasteiger partial charge in [0.1, 0.15) is 5.69 Å². The van der Waals surface area contributed by atoms with E-state index in [2.05, 4.69) is 29.4 Å². The third-order valence-corrected chi connectivity index (χ3v) is 4.99. The summed E-state index contributed by atoms with van der Waals surface area (Å²) in [5, 5.41) is 12.0. The molecule has 6 heteroatoms. The lowest BCUT2D eigenvalue weighted by Crippen LogP contribution is -2.45. The number of aromatic carboxylic acids is 1. The number of aromatic nitrogens is 1. The Balaban J connectivity index is 1.80. The first-order valence-corrected chi connectivity index (χ1v) is 8.63. The molecule has 136 valence electrons. The zero-order chi connectivity index (χ0) is 18.6. The van der Waals surface area contributed by atoms with E-state index in [9.17, 15) is 9.59 Å². The topological polar surface area (TPSA) is 88.5 Å². The molecule has 0 atom stereocenters. The van der Waals surface area contributed by atoms with Crippen molar-refractivity contribution in [2.75, 3.05) is 19.8 Å². The van der Waals surface area contributed by atoms with Crippen LogP contribution >= 0.6 is 0 Å². The fourth-order valence-corrected chi connectivity index (χ4v) is 3.50. The van der Waals surface area contributed by atoms with Crippen LogP contribution in [0, 0.1) is 6.92 Å². The molecule has 2 heterocycles. The number of hydrogen-bond acceptors (Lipinski definition) is 4. The van der Waals surface area contributed by atoms with Crippen LogP contribution in [0.1, 0.15) is 44.8 Å². The average molecular weight is 354 g/mol. The maximum Gasteiger partial charge on any atom is 0.335 e. The van der Waals surface area contributed by atoms with Crippen LogP contribution in [-0.4, -0.2) is 41.7 Å². The minimum atomic E-state index is -1.08. The number of benzene rings is 1. The van der Waals surface area contributed by atoms with Crippen LogP contribution < -0.4 is 5.32 Å². The standard InChI is InChI=1S/C20H22N2O4/c1-14-4-2-3-5-16(14)20(7-10-26-11-8-20)13-22-18(23)17-12-15(19(24)25)6-9-21-17/h2-6,9,12H,7-8,10-11,13H2,1H3,(H,22,23)(H,24,25). The Morgan fingerprint density at radius 3 is 2.65 bits per heavy atom. The summed E-state index contributed by atoms with van der Waals surface area (Å²) in [5.41, 5.74) is 2.37. The van der Waals surface area contributed by atoms with Gasteiger partial charge < -0.3 is 15.2 Å². The lowest BCUT2D eigenvalue weighted by atomic mass is 9.72. The molecule has 1 amide bonds. The summed E-state index contributed by atoms with van der Waals surface area (Å²) in [6.45, 7) is 3.83. The van der Waals surface area contributed by atoms with E-state index in [1.165, 1.54) is 29.5 Å². The second-order valence-corrected chi connectivity index (χ2v) is 6.63. The van der Waals surface area contributed by atoms with Gasteiger partial charge in [-0.25, -0.2) is 4.79 Å². The van der Waals surface area contributed by atoms with Crippen molar-refractivity contribution >= 4 is 11.9 Å². The molecular weight excluding hydrogens is 332 g/mol. The van der Waals surface area contributed by atoms with Gasteiger partial charge in [-0.15, -0.1) is 0 Å². The molecule has 0 saturated carbocycles. The van der Waals surface area contributed by atoms with E-state index >= 15 is 0 Å². The third-order valence-electron chi connectivity index (χ3n) is 4.99. The van der Waals surface area contributed by atoms with Gasteiger partial charge in [-0.3, -0.25) is 9.78 Å². The zero-order valence-corrected chi connectivity index (χ0v) is 14.7. The number of amides is 1. The van der Waals surface area contributed by atoms with Crippen LogP contribution in [0.2, 0.25) is 0 Å². The minimum Gasteiger partial charge on any atom is -0.478 e. The van der Waals surface area contributed by atoms with Gasteiger partial charge in [-0.1, -0.05) is 24.3 Å².